The molecule has 20 heavy (non-hydrogen) atoms. The number of carbonyl (C=O) groups excluding carboxylic acids is 1. The molecule has 0 saturated heterocycles. The Kier molecular flexibility index (Phi) is 4.50. The van der Waals surface area contributed by atoms with Crippen LogP contribution in [0.5, 0.6) is 0 Å². The topological polar surface area (TPSA) is 68.0 Å². The third kappa shape index (κ3) is 3.44. The van der Waals surface area contributed by atoms with Crippen molar-refractivity contribution in [2.75, 3.05) is 0 Å². The standard InChI is InChI=1S/C15H19N3O2/c1-4-5-10(2)16-14(19)12-6-8-13(9-7-12)15-17-11(3)18-20-15/h6-10H,4-5H2,1-3H3,(H,16,19)/t10-/m1/s1. The molecule has 0 unspecified atom stereocenters. The molecule has 0 bridgehead atoms. The van der Waals surface area contributed by atoms with Crippen molar-refractivity contribution in [3.63, 3.8) is 0 Å². The summed E-state index contributed by atoms with van der Waals surface area (Å²) in [5.74, 6) is 1.00. The number of amides is 1. The lowest BCUT2D eigenvalue weighted by atomic mass is 10.1. The Morgan fingerprint density at radius 3 is 2.60 bits per heavy atom. The van der Waals surface area contributed by atoms with Crippen molar-refractivity contribution in [1.82, 2.24) is 15.5 Å². The second-order valence-corrected chi connectivity index (χ2v) is 4.89. The smallest absolute Gasteiger partial charge is 0.257 e. The van der Waals surface area contributed by atoms with Crippen LogP contribution < -0.4 is 5.32 Å². The van der Waals surface area contributed by atoms with Crippen LogP contribution in [-0.2, 0) is 0 Å². The van der Waals surface area contributed by atoms with Gasteiger partial charge in [0.25, 0.3) is 11.8 Å². The summed E-state index contributed by atoms with van der Waals surface area (Å²) < 4.78 is 5.09. The molecule has 0 fully saturated rings. The highest BCUT2D eigenvalue weighted by Gasteiger charge is 2.11. The van der Waals surface area contributed by atoms with E-state index in [9.17, 15) is 4.79 Å². The van der Waals surface area contributed by atoms with Gasteiger partial charge in [0, 0.05) is 17.2 Å². The average molecular weight is 273 g/mol. The van der Waals surface area contributed by atoms with Crippen LogP contribution >= 0.6 is 0 Å². The zero-order valence-electron chi connectivity index (χ0n) is 12.0. The first-order valence-electron chi connectivity index (χ1n) is 6.81. The van der Waals surface area contributed by atoms with Gasteiger partial charge in [0.05, 0.1) is 0 Å². The lowest BCUT2D eigenvalue weighted by Crippen LogP contribution is -2.32. The average Bonchev–Trinajstić information content (AvgIpc) is 2.86. The van der Waals surface area contributed by atoms with Gasteiger partial charge in [-0.05, 0) is 44.5 Å². The number of aromatic nitrogens is 2. The predicted molar refractivity (Wildman–Crippen MR) is 76.3 cm³/mol. The number of hydrogen-bond donors (Lipinski definition) is 1. The fraction of sp³-hybridized carbons (Fsp3) is 0.400. The van der Waals surface area contributed by atoms with Crippen LogP contribution in [-0.4, -0.2) is 22.1 Å². The minimum atomic E-state index is -0.0563. The highest BCUT2D eigenvalue weighted by molar-refractivity contribution is 5.94. The number of benzene rings is 1. The lowest BCUT2D eigenvalue weighted by Gasteiger charge is -2.12. The Hall–Kier alpha value is -2.17. The number of nitrogens with zero attached hydrogens (tertiary/aromatic N) is 2. The van der Waals surface area contributed by atoms with Crippen LogP contribution in [0.25, 0.3) is 11.5 Å². The van der Waals surface area contributed by atoms with Crippen molar-refractivity contribution >= 4 is 5.91 Å². The third-order valence-electron chi connectivity index (χ3n) is 3.02. The van der Waals surface area contributed by atoms with E-state index in [2.05, 4.69) is 22.4 Å². The molecule has 5 nitrogen and oxygen atoms in total. The van der Waals surface area contributed by atoms with Crippen molar-refractivity contribution in [3.05, 3.63) is 35.7 Å². The van der Waals surface area contributed by atoms with E-state index < -0.39 is 0 Å². The van der Waals surface area contributed by atoms with Gasteiger partial charge >= 0.3 is 0 Å². The van der Waals surface area contributed by atoms with E-state index in [1.807, 2.05) is 19.1 Å². The summed E-state index contributed by atoms with van der Waals surface area (Å²) in [6.45, 7) is 5.88. The van der Waals surface area contributed by atoms with Crippen LogP contribution in [0.2, 0.25) is 0 Å². The molecule has 106 valence electrons. The summed E-state index contributed by atoms with van der Waals surface area (Å²) in [5.41, 5.74) is 1.44. The van der Waals surface area contributed by atoms with Gasteiger partial charge in [0.1, 0.15) is 0 Å². The quantitative estimate of drug-likeness (QED) is 0.909. The zero-order chi connectivity index (χ0) is 14.5. The van der Waals surface area contributed by atoms with Crippen LogP contribution in [0.3, 0.4) is 0 Å². The summed E-state index contributed by atoms with van der Waals surface area (Å²) in [5, 5.41) is 6.72. The summed E-state index contributed by atoms with van der Waals surface area (Å²) in [6.07, 6.45) is 2.03. The van der Waals surface area contributed by atoms with E-state index in [0.717, 1.165) is 18.4 Å². The number of aryl methyl sites for hydroxylation is 1. The van der Waals surface area contributed by atoms with Crippen LogP contribution in [0, 0.1) is 6.92 Å². The molecule has 1 aromatic heterocycles. The maximum Gasteiger partial charge on any atom is 0.257 e. The monoisotopic (exact) mass is 273 g/mol. The molecule has 0 spiro atoms. The van der Waals surface area contributed by atoms with Crippen molar-refractivity contribution in [3.8, 4) is 11.5 Å². The van der Waals surface area contributed by atoms with E-state index in [0.29, 0.717) is 17.3 Å². The Bertz CT molecular complexity index is 575. The maximum absolute atomic E-state index is 12.0. The van der Waals surface area contributed by atoms with Crippen LogP contribution in [0.1, 0.15) is 42.9 Å². The molecule has 0 radical (unpaired) electrons. The Morgan fingerprint density at radius 2 is 2.05 bits per heavy atom. The Labute approximate surface area is 118 Å². The largest absolute Gasteiger partial charge is 0.350 e. The summed E-state index contributed by atoms with van der Waals surface area (Å²) in [6, 6.07) is 7.34. The maximum atomic E-state index is 12.0. The molecule has 2 aromatic rings. The van der Waals surface area contributed by atoms with Gasteiger partial charge < -0.3 is 9.84 Å². The molecular weight excluding hydrogens is 254 g/mol. The first kappa shape index (κ1) is 14.2. The van der Waals surface area contributed by atoms with Crippen molar-refractivity contribution in [2.24, 2.45) is 0 Å². The van der Waals surface area contributed by atoms with Gasteiger partial charge in [-0.1, -0.05) is 18.5 Å². The molecule has 0 aliphatic heterocycles. The molecule has 1 amide bonds. The van der Waals surface area contributed by atoms with E-state index >= 15 is 0 Å². The lowest BCUT2D eigenvalue weighted by molar-refractivity contribution is 0.0938. The minimum absolute atomic E-state index is 0.0563. The Balaban J connectivity index is 2.06. The van der Waals surface area contributed by atoms with Crippen molar-refractivity contribution in [1.29, 1.82) is 0 Å². The molecule has 5 heteroatoms. The van der Waals surface area contributed by atoms with Crippen LogP contribution in [0.15, 0.2) is 28.8 Å². The number of nitrogens with one attached hydrogen (secondary N) is 1. The van der Waals surface area contributed by atoms with Gasteiger partial charge in [-0.2, -0.15) is 4.98 Å². The molecule has 1 heterocycles. The normalized spacial score (nSPS) is 12.2. The molecule has 1 atom stereocenters. The highest BCUT2D eigenvalue weighted by Crippen LogP contribution is 2.17. The molecule has 0 aliphatic rings. The van der Waals surface area contributed by atoms with Crippen molar-refractivity contribution in [2.45, 2.75) is 39.7 Å². The molecule has 0 aliphatic carbocycles. The molecular formula is C15H19N3O2. The minimum Gasteiger partial charge on any atom is -0.350 e. The van der Waals surface area contributed by atoms with Crippen molar-refractivity contribution < 1.29 is 9.32 Å². The van der Waals surface area contributed by atoms with Gasteiger partial charge in [-0.15, -0.1) is 0 Å². The van der Waals surface area contributed by atoms with E-state index in [1.54, 1.807) is 19.1 Å². The van der Waals surface area contributed by atoms with Gasteiger partial charge in [0.2, 0.25) is 0 Å². The van der Waals surface area contributed by atoms with E-state index in [1.165, 1.54) is 0 Å². The zero-order valence-corrected chi connectivity index (χ0v) is 12.0. The number of carbonyl (C=O) groups is 1. The van der Waals surface area contributed by atoms with Crippen LogP contribution in [0.4, 0.5) is 0 Å². The summed E-state index contributed by atoms with van der Waals surface area (Å²) in [4.78, 5) is 16.2. The van der Waals surface area contributed by atoms with Gasteiger partial charge in [0.15, 0.2) is 5.82 Å². The van der Waals surface area contributed by atoms with E-state index in [4.69, 9.17) is 4.52 Å². The number of hydrogen-bond acceptors (Lipinski definition) is 4. The predicted octanol–water partition coefficient (Wildman–Crippen LogP) is 2.96. The first-order valence-corrected chi connectivity index (χ1v) is 6.81. The van der Waals surface area contributed by atoms with Gasteiger partial charge in [-0.25, -0.2) is 0 Å². The molecule has 2 rings (SSSR count). The second-order valence-electron chi connectivity index (χ2n) is 4.89. The molecule has 1 aromatic carbocycles. The second kappa shape index (κ2) is 6.32. The molecule has 0 saturated carbocycles. The first-order chi connectivity index (χ1) is 9.60. The third-order valence-corrected chi connectivity index (χ3v) is 3.02. The fourth-order valence-corrected chi connectivity index (χ4v) is 1.99. The van der Waals surface area contributed by atoms with Gasteiger partial charge in [-0.3, -0.25) is 4.79 Å². The Morgan fingerprint density at radius 1 is 1.35 bits per heavy atom. The fourth-order valence-electron chi connectivity index (χ4n) is 1.99. The van der Waals surface area contributed by atoms with E-state index in [-0.39, 0.29) is 11.9 Å². The highest BCUT2D eigenvalue weighted by atomic mass is 16.5. The molecule has 1 N–H and O–H groups in total. The number of rotatable bonds is 5. The summed E-state index contributed by atoms with van der Waals surface area (Å²) >= 11 is 0. The SMILES string of the molecule is CCC[C@@H](C)NC(=O)c1ccc(-c2nc(C)no2)cc1. The summed E-state index contributed by atoms with van der Waals surface area (Å²) in [7, 11) is 0.